The first-order valence-corrected chi connectivity index (χ1v) is 9.52. The molecular formula is C17H21NO6S. The van der Waals surface area contributed by atoms with E-state index in [0.29, 0.717) is 12.8 Å². The Balaban J connectivity index is 2.04. The Hall–Kier alpha value is -1.93. The SMILES string of the molecule is COC(=O)C1C(C(=O)OC)C2CCC1N2S(=O)(=O)c1ccc(C)cc1. The van der Waals surface area contributed by atoms with Gasteiger partial charge >= 0.3 is 11.9 Å². The van der Waals surface area contributed by atoms with E-state index < -0.39 is 45.9 Å². The molecule has 1 aromatic rings. The van der Waals surface area contributed by atoms with Crippen LogP contribution in [-0.4, -0.2) is 51.0 Å². The Labute approximate surface area is 147 Å². The lowest BCUT2D eigenvalue weighted by Crippen LogP contribution is -2.39. The summed E-state index contributed by atoms with van der Waals surface area (Å²) in [6.07, 6.45) is 1.03. The first-order chi connectivity index (χ1) is 11.8. The van der Waals surface area contributed by atoms with E-state index in [4.69, 9.17) is 9.47 Å². The Morgan fingerprint density at radius 2 is 1.40 bits per heavy atom. The average Bonchev–Trinajstić information content (AvgIpc) is 3.17. The lowest BCUT2D eigenvalue weighted by molar-refractivity contribution is -0.157. The normalized spacial score (nSPS) is 28.8. The molecule has 1 aromatic carbocycles. The Kier molecular flexibility index (Phi) is 4.59. The van der Waals surface area contributed by atoms with Crippen LogP contribution in [0.15, 0.2) is 29.2 Å². The first kappa shape index (κ1) is 17.9. The third-order valence-electron chi connectivity index (χ3n) is 5.17. The fourth-order valence-electron chi connectivity index (χ4n) is 4.06. The number of ether oxygens (including phenoxy) is 2. The molecule has 4 unspecified atom stereocenters. The third kappa shape index (κ3) is 2.73. The van der Waals surface area contributed by atoms with Gasteiger partial charge in [0.05, 0.1) is 31.0 Å². The number of carbonyl (C=O) groups excluding carboxylic acids is 2. The highest BCUT2D eigenvalue weighted by molar-refractivity contribution is 7.89. The molecule has 2 bridgehead atoms. The molecule has 2 aliphatic rings. The summed E-state index contributed by atoms with van der Waals surface area (Å²) in [4.78, 5) is 24.6. The molecule has 0 radical (unpaired) electrons. The highest BCUT2D eigenvalue weighted by atomic mass is 32.2. The quantitative estimate of drug-likeness (QED) is 0.741. The van der Waals surface area contributed by atoms with Crippen molar-refractivity contribution >= 4 is 22.0 Å². The zero-order valence-electron chi connectivity index (χ0n) is 14.3. The summed E-state index contributed by atoms with van der Waals surface area (Å²) in [6, 6.07) is 5.35. The largest absolute Gasteiger partial charge is 0.469 e. The number of benzene rings is 1. The van der Waals surface area contributed by atoms with Crippen molar-refractivity contribution < 1.29 is 27.5 Å². The van der Waals surface area contributed by atoms with E-state index >= 15 is 0 Å². The van der Waals surface area contributed by atoms with Crippen molar-refractivity contribution in [2.24, 2.45) is 11.8 Å². The van der Waals surface area contributed by atoms with Crippen LogP contribution in [0.5, 0.6) is 0 Å². The van der Waals surface area contributed by atoms with Gasteiger partial charge < -0.3 is 9.47 Å². The molecule has 0 spiro atoms. The molecule has 0 aliphatic carbocycles. The fourth-order valence-corrected chi connectivity index (χ4v) is 5.97. The van der Waals surface area contributed by atoms with E-state index in [9.17, 15) is 18.0 Å². The van der Waals surface area contributed by atoms with Gasteiger partial charge in [-0.1, -0.05) is 17.7 Å². The van der Waals surface area contributed by atoms with Crippen LogP contribution in [0, 0.1) is 18.8 Å². The Morgan fingerprint density at radius 1 is 0.960 bits per heavy atom. The van der Waals surface area contributed by atoms with Gasteiger partial charge in [0.25, 0.3) is 0 Å². The maximum Gasteiger partial charge on any atom is 0.311 e. The second-order valence-corrected chi connectivity index (χ2v) is 8.30. The molecule has 7 nitrogen and oxygen atoms in total. The molecule has 0 N–H and O–H groups in total. The van der Waals surface area contributed by atoms with E-state index in [1.807, 2.05) is 6.92 Å². The molecule has 8 heteroatoms. The minimum atomic E-state index is -3.82. The molecule has 3 rings (SSSR count). The smallest absolute Gasteiger partial charge is 0.311 e. The molecule has 0 aromatic heterocycles. The van der Waals surface area contributed by atoms with Crippen LogP contribution in [0.1, 0.15) is 18.4 Å². The van der Waals surface area contributed by atoms with E-state index in [2.05, 4.69) is 0 Å². The summed E-state index contributed by atoms with van der Waals surface area (Å²) in [7, 11) is -1.35. The van der Waals surface area contributed by atoms with Crippen LogP contribution in [0.2, 0.25) is 0 Å². The summed E-state index contributed by atoms with van der Waals surface area (Å²) in [5, 5.41) is 0. The van der Waals surface area contributed by atoms with E-state index in [0.717, 1.165) is 5.56 Å². The number of nitrogens with zero attached hydrogens (tertiary/aromatic N) is 1. The Morgan fingerprint density at radius 3 is 1.80 bits per heavy atom. The number of fused-ring (bicyclic) bond motifs is 2. The summed E-state index contributed by atoms with van der Waals surface area (Å²) in [6.45, 7) is 1.87. The zero-order chi connectivity index (χ0) is 18.4. The standard InChI is InChI=1S/C17H21NO6S/c1-10-4-6-11(7-5-10)25(21,22)18-12-8-9-13(18)15(17(20)24-3)14(12)16(19)23-2/h4-7,12-15H,8-9H2,1-3H3. The maximum absolute atomic E-state index is 13.1. The lowest BCUT2D eigenvalue weighted by Gasteiger charge is -2.24. The fraction of sp³-hybridized carbons (Fsp3) is 0.529. The molecule has 2 saturated heterocycles. The Bertz CT molecular complexity index is 758. The van der Waals surface area contributed by atoms with E-state index in [1.165, 1.54) is 18.5 Å². The van der Waals surface area contributed by atoms with Gasteiger partial charge in [-0.25, -0.2) is 8.42 Å². The number of esters is 2. The van der Waals surface area contributed by atoms with Crippen molar-refractivity contribution in [3.8, 4) is 0 Å². The second-order valence-electron chi connectivity index (χ2n) is 6.46. The van der Waals surface area contributed by atoms with Gasteiger partial charge in [-0.15, -0.1) is 0 Å². The molecule has 0 amide bonds. The van der Waals surface area contributed by atoms with Crippen molar-refractivity contribution in [1.29, 1.82) is 0 Å². The maximum atomic E-state index is 13.1. The topological polar surface area (TPSA) is 90.0 Å². The zero-order valence-corrected chi connectivity index (χ0v) is 15.2. The minimum Gasteiger partial charge on any atom is -0.469 e. The van der Waals surface area contributed by atoms with Gasteiger partial charge in [0.1, 0.15) is 0 Å². The van der Waals surface area contributed by atoms with Gasteiger partial charge in [0, 0.05) is 12.1 Å². The molecule has 136 valence electrons. The van der Waals surface area contributed by atoms with Crippen molar-refractivity contribution in [1.82, 2.24) is 4.31 Å². The summed E-state index contributed by atoms with van der Waals surface area (Å²) in [5.74, 6) is -2.83. The number of aryl methyl sites for hydroxylation is 1. The van der Waals surface area contributed by atoms with Crippen LogP contribution >= 0.6 is 0 Å². The van der Waals surface area contributed by atoms with Crippen LogP contribution < -0.4 is 0 Å². The molecular weight excluding hydrogens is 346 g/mol. The van der Waals surface area contributed by atoms with Gasteiger partial charge in [-0.3, -0.25) is 9.59 Å². The minimum absolute atomic E-state index is 0.157. The van der Waals surface area contributed by atoms with Gasteiger partial charge in [0.2, 0.25) is 10.0 Å². The van der Waals surface area contributed by atoms with Crippen molar-refractivity contribution in [2.45, 2.75) is 36.7 Å². The molecule has 25 heavy (non-hydrogen) atoms. The third-order valence-corrected chi connectivity index (χ3v) is 7.14. The van der Waals surface area contributed by atoms with Gasteiger partial charge in [-0.2, -0.15) is 4.31 Å². The van der Waals surface area contributed by atoms with Crippen LogP contribution in [0.4, 0.5) is 0 Å². The lowest BCUT2D eigenvalue weighted by atomic mass is 9.79. The van der Waals surface area contributed by atoms with Crippen LogP contribution in [-0.2, 0) is 29.1 Å². The molecule has 0 saturated carbocycles. The number of rotatable bonds is 4. The number of methoxy groups -OCH3 is 2. The number of sulfonamides is 1. The van der Waals surface area contributed by atoms with Crippen molar-refractivity contribution in [3.63, 3.8) is 0 Å². The van der Waals surface area contributed by atoms with E-state index in [-0.39, 0.29) is 4.90 Å². The first-order valence-electron chi connectivity index (χ1n) is 8.08. The monoisotopic (exact) mass is 367 g/mol. The molecule has 2 aliphatic heterocycles. The van der Waals surface area contributed by atoms with Crippen molar-refractivity contribution in [2.75, 3.05) is 14.2 Å². The predicted octanol–water partition coefficient (Wildman–Crippen LogP) is 1.11. The highest BCUT2D eigenvalue weighted by Gasteiger charge is 2.63. The molecule has 4 atom stereocenters. The van der Waals surface area contributed by atoms with Gasteiger partial charge in [-0.05, 0) is 31.9 Å². The molecule has 2 heterocycles. The number of hydrogen-bond donors (Lipinski definition) is 0. The van der Waals surface area contributed by atoms with Crippen LogP contribution in [0.3, 0.4) is 0 Å². The highest BCUT2D eigenvalue weighted by Crippen LogP contribution is 2.49. The van der Waals surface area contributed by atoms with Gasteiger partial charge in [0.15, 0.2) is 0 Å². The second kappa shape index (κ2) is 6.42. The van der Waals surface area contributed by atoms with Crippen molar-refractivity contribution in [3.05, 3.63) is 29.8 Å². The molecule has 2 fully saturated rings. The summed E-state index contributed by atoms with van der Waals surface area (Å²) in [5.41, 5.74) is 0.947. The van der Waals surface area contributed by atoms with Crippen LogP contribution in [0.25, 0.3) is 0 Å². The van der Waals surface area contributed by atoms with E-state index in [1.54, 1.807) is 24.3 Å². The predicted molar refractivity (Wildman–Crippen MR) is 88.0 cm³/mol. The summed E-state index contributed by atoms with van der Waals surface area (Å²) >= 11 is 0. The summed E-state index contributed by atoms with van der Waals surface area (Å²) < 4.78 is 37.3. The number of carbonyl (C=O) groups is 2. The average molecular weight is 367 g/mol. The number of hydrogen-bond acceptors (Lipinski definition) is 6.